The van der Waals surface area contributed by atoms with Crippen molar-refractivity contribution < 1.29 is 23.9 Å². The summed E-state index contributed by atoms with van der Waals surface area (Å²) in [6.07, 6.45) is 0.852. The molecule has 1 aromatic carbocycles. The Hall–Kier alpha value is -2.95. The Morgan fingerprint density at radius 2 is 2.17 bits per heavy atom. The van der Waals surface area contributed by atoms with Crippen molar-refractivity contribution in [1.82, 2.24) is 10.2 Å². The second-order valence-electron chi connectivity index (χ2n) is 7.31. The minimum atomic E-state index is -0.781. The average molecular weight is 423 g/mol. The van der Waals surface area contributed by atoms with Gasteiger partial charge in [0.15, 0.2) is 0 Å². The standard InChI is InChI=1S/C19H26FN5O5/c1-14(26)21-13-16-12-18(22-30-16)15-3-4-19(17(20)11-15)24-8-6-23(7-9-24)5-2-10-29-25(27)28/h3-4,11,16H,2,5-10,12-13H2,1H3,(H,21,26). The van der Waals surface area contributed by atoms with Gasteiger partial charge in [-0.3, -0.25) is 9.69 Å². The lowest BCUT2D eigenvalue weighted by Gasteiger charge is -2.36. The highest BCUT2D eigenvalue weighted by Gasteiger charge is 2.24. The molecule has 164 valence electrons. The quantitative estimate of drug-likeness (QED) is 0.361. The first-order valence-electron chi connectivity index (χ1n) is 9.94. The average Bonchev–Trinajstić information content (AvgIpc) is 3.19. The van der Waals surface area contributed by atoms with Crippen molar-refractivity contribution in [3.8, 4) is 0 Å². The maximum absolute atomic E-state index is 14.8. The number of piperazine rings is 1. The Bertz CT molecular complexity index is 798. The molecule has 0 spiro atoms. The van der Waals surface area contributed by atoms with Gasteiger partial charge in [0.25, 0.3) is 5.09 Å². The maximum atomic E-state index is 14.8. The van der Waals surface area contributed by atoms with Crippen molar-refractivity contribution in [2.75, 3.05) is 50.8 Å². The molecular weight excluding hydrogens is 397 g/mol. The van der Waals surface area contributed by atoms with Gasteiger partial charge in [0.05, 0.1) is 24.6 Å². The molecule has 30 heavy (non-hydrogen) atoms. The molecule has 0 bridgehead atoms. The number of benzene rings is 1. The summed E-state index contributed by atoms with van der Waals surface area (Å²) in [6, 6.07) is 5.07. The van der Waals surface area contributed by atoms with Gasteiger partial charge in [0.2, 0.25) is 5.91 Å². The molecule has 1 atom stereocenters. The fourth-order valence-electron chi connectivity index (χ4n) is 3.55. The Balaban J connectivity index is 1.48. The van der Waals surface area contributed by atoms with E-state index in [1.54, 1.807) is 6.07 Å². The van der Waals surface area contributed by atoms with Crippen LogP contribution >= 0.6 is 0 Å². The molecule has 2 heterocycles. The number of halogens is 1. The van der Waals surface area contributed by atoms with Crippen molar-refractivity contribution in [3.05, 3.63) is 39.7 Å². The fraction of sp³-hybridized carbons (Fsp3) is 0.579. The lowest BCUT2D eigenvalue weighted by Crippen LogP contribution is -2.47. The molecule has 0 saturated carbocycles. The van der Waals surface area contributed by atoms with E-state index >= 15 is 0 Å². The van der Waals surface area contributed by atoms with Crippen molar-refractivity contribution in [1.29, 1.82) is 0 Å². The van der Waals surface area contributed by atoms with E-state index in [1.807, 2.05) is 11.0 Å². The van der Waals surface area contributed by atoms with Gasteiger partial charge < -0.3 is 19.9 Å². The van der Waals surface area contributed by atoms with Gasteiger partial charge >= 0.3 is 0 Å². The molecule has 1 N–H and O–H groups in total. The first-order chi connectivity index (χ1) is 14.4. The van der Waals surface area contributed by atoms with Gasteiger partial charge in [-0.25, -0.2) is 4.39 Å². The largest absolute Gasteiger partial charge is 0.390 e. The van der Waals surface area contributed by atoms with Crippen molar-refractivity contribution in [3.63, 3.8) is 0 Å². The number of nitrogens with zero attached hydrogens (tertiary/aromatic N) is 4. The third kappa shape index (κ3) is 6.02. The maximum Gasteiger partial charge on any atom is 0.294 e. The molecular formula is C19H26FN5O5. The SMILES string of the molecule is CC(=O)NCC1CC(c2ccc(N3CCN(CCCO[N+](=O)[O-])CC3)c(F)c2)=NO1. The van der Waals surface area contributed by atoms with E-state index in [9.17, 15) is 19.3 Å². The zero-order valence-electron chi connectivity index (χ0n) is 16.9. The Morgan fingerprint density at radius 3 is 2.83 bits per heavy atom. The molecule has 1 saturated heterocycles. The number of hydrogen-bond acceptors (Lipinski definition) is 8. The Kier molecular flexibility index (Phi) is 7.39. The molecule has 0 aromatic heterocycles. The molecule has 0 radical (unpaired) electrons. The molecule has 1 aromatic rings. The summed E-state index contributed by atoms with van der Waals surface area (Å²) in [4.78, 5) is 35.0. The fourth-order valence-corrected chi connectivity index (χ4v) is 3.55. The van der Waals surface area contributed by atoms with Crippen LogP contribution in [-0.2, 0) is 14.5 Å². The van der Waals surface area contributed by atoms with E-state index in [0.29, 0.717) is 56.0 Å². The molecule has 10 nitrogen and oxygen atoms in total. The van der Waals surface area contributed by atoms with Crippen LogP contribution in [0.4, 0.5) is 10.1 Å². The van der Waals surface area contributed by atoms with Crippen LogP contribution in [0.25, 0.3) is 0 Å². The van der Waals surface area contributed by atoms with Crippen LogP contribution in [-0.4, -0.2) is 73.6 Å². The number of hydrogen-bond donors (Lipinski definition) is 1. The Morgan fingerprint density at radius 1 is 1.40 bits per heavy atom. The lowest BCUT2D eigenvalue weighted by atomic mass is 10.0. The number of rotatable bonds is 9. The highest BCUT2D eigenvalue weighted by molar-refractivity contribution is 6.01. The van der Waals surface area contributed by atoms with Gasteiger partial charge in [-0.05, 0) is 18.6 Å². The third-order valence-electron chi connectivity index (χ3n) is 5.12. The van der Waals surface area contributed by atoms with Crippen LogP contribution in [0.15, 0.2) is 23.4 Å². The van der Waals surface area contributed by atoms with Crippen molar-refractivity contribution in [2.24, 2.45) is 5.16 Å². The van der Waals surface area contributed by atoms with Gasteiger partial charge in [-0.1, -0.05) is 11.2 Å². The first-order valence-corrected chi connectivity index (χ1v) is 9.94. The summed E-state index contributed by atoms with van der Waals surface area (Å²) in [7, 11) is 0. The molecule has 2 aliphatic heterocycles. The summed E-state index contributed by atoms with van der Waals surface area (Å²) < 4.78 is 14.8. The predicted molar refractivity (Wildman–Crippen MR) is 107 cm³/mol. The minimum Gasteiger partial charge on any atom is -0.390 e. The Labute approximate surface area is 173 Å². The van der Waals surface area contributed by atoms with Crippen LogP contribution in [0.1, 0.15) is 25.3 Å². The number of oxime groups is 1. The number of carbonyl (C=O) groups is 1. The molecule has 11 heteroatoms. The van der Waals surface area contributed by atoms with Gasteiger partial charge in [0.1, 0.15) is 11.9 Å². The van der Waals surface area contributed by atoms with E-state index in [1.165, 1.54) is 13.0 Å². The minimum absolute atomic E-state index is 0.0859. The lowest BCUT2D eigenvalue weighted by molar-refractivity contribution is -0.757. The summed E-state index contributed by atoms with van der Waals surface area (Å²) in [5, 5.41) is 16.1. The number of nitrogens with one attached hydrogen (secondary N) is 1. The van der Waals surface area contributed by atoms with E-state index in [0.717, 1.165) is 13.1 Å². The highest BCUT2D eigenvalue weighted by Crippen LogP contribution is 2.24. The van der Waals surface area contributed by atoms with E-state index in [2.05, 4.69) is 20.2 Å². The second-order valence-corrected chi connectivity index (χ2v) is 7.31. The van der Waals surface area contributed by atoms with Crippen LogP contribution in [0.5, 0.6) is 0 Å². The van der Waals surface area contributed by atoms with Crippen molar-refractivity contribution >= 4 is 17.3 Å². The molecule has 2 aliphatic rings. The zero-order chi connectivity index (χ0) is 21.5. The summed E-state index contributed by atoms with van der Waals surface area (Å²) in [6.45, 7) is 5.46. The summed E-state index contributed by atoms with van der Waals surface area (Å²) in [5.41, 5.74) is 1.88. The normalized spacial score (nSPS) is 19.2. The molecule has 1 fully saturated rings. The zero-order valence-corrected chi connectivity index (χ0v) is 16.9. The number of carbonyl (C=O) groups excluding carboxylic acids is 1. The second kappa shape index (κ2) is 10.2. The smallest absolute Gasteiger partial charge is 0.294 e. The molecule has 1 unspecified atom stereocenters. The van der Waals surface area contributed by atoms with Crippen molar-refractivity contribution in [2.45, 2.75) is 25.9 Å². The van der Waals surface area contributed by atoms with Gasteiger partial charge in [0, 0.05) is 51.6 Å². The van der Waals surface area contributed by atoms with Gasteiger partial charge in [-0.15, -0.1) is 10.1 Å². The predicted octanol–water partition coefficient (Wildman–Crippen LogP) is 1.18. The van der Waals surface area contributed by atoms with Crippen LogP contribution < -0.4 is 10.2 Å². The molecule has 1 amide bonds. The summed E-state index contributed by atoms with van der Waals surface area (Å²) >= 11 is 0. The number of anilines is 1. The highest BCUT2D eigenvalue weighted by atomic mass is 19.1. The third-order valence-corrected chi connectivity index (χ3v) is 5.12. The molecule has 0 aliphatic carbocycles. The van der Waals surface area contributed by atoms with Gasteiger partial charge in [-0.2, -0.15) is 0 Å². The monoisotopic (exact) mass is 423 g/mol. The van der Waals surface area contributed by atoms with E-state index < -0.39 is 5.09 Å². The first kappa shape index (κ1) is 21.8. The molecule has 3 rings (SSSR count). The number of amides is 1. The summed E-state index contributed by atoms with van der Waals surface area (Å²) in [5.74, 6) is -0.444. The van der Waals surface area contributed by atoms with E-state index in [4.69, 9.17) is 4.84 Å². The van der Waals surface area contributed by atoms with Crippen LogP contribution in [0.2, 0.25) is 0 Å². The van der Waals surface area contributed by atoms with Crippen LogP contribution in [0, 0.1) is 15.9 Å². The van der Waals surface area contributed by atoms with Crippen LogP contribution in [0.3, 0.4) is 0 Å². The topological polar surface area (TPSA) is 110 Å². The van der Waals surface area contributed by atoms with E-state index in [-0.39, 0.29) is 24.4 Å².